The van der Waals surface area contributed by atoms with Gasteiger partial charge in [-0.3, -0.25) is 9.59 Å². The van der Waals surface area contributed by atoms with Gasteiger partial charge in [-0.2, -0.15) is 5.26 Å². The van der Waals surface area contributed by atoms with E-state index in [4.69, 9.17) is 11.6 Å². The van der Waals surface area contributed by atoms with Crippen molar-refractivity contribution in [1.29, 1.82) is 5.26 Å². The highest BCUT2D eigenvalue weighted by atomic mass is 35.5. The Hall–Kier alpha value is -2.90. The van der Waals surface area contributed by atoms with Crippen LogP contribution in [0, 0.1) is 22.2 Å². The van der Waals surface area contributed by atoms with Crippen LogP contribution in [0.4, 0.5) is 0 Å². The summed E-state index contributed by atoms with van der Waals surface area (Å²) >= 11 is 6.06. The topological polar surface area (TPSA) is 78.2 Å². The van der Waals surface area contributed by atoms with Crippen molar-refractivity contribution in [3.05, 3.63) is 63.9 Å². The molecule has 0 saturated carbocycles. The van der Waals surface area contributed by atoms with Gasteiger partial charge < -0.3 is 5.11 Å². The van der Waals surface area contributed by atoms with E-state index in [1.54, 1.807) is 39.8 Å². The van der Waals surface area contributed by atoms with Crippen LogP contribution in [0.1, 0.15) is 51.3 Å². The summed E-state index contributed by atoms with van der Waals surface area (Å²) < 4.78 is 0. The van der Waals surface area contributed by atoms with Crippen LogP contribution in [0.2, 0.25) is 5.02 Å². The largest absolute Gasteiger partial charge is 0.510 e. The first kappa shape index (κ1) is 21.8. The van der Waals surface area contributed by atoms with Crippen LogP contribution in [0.5, 0.6) is 0 Å². The fraction of sp³-hybridized carbons (Fsp3) is 0.320. The average Bonchev–Trinajstić information content (AvgIpc) is 2.72. The fourth-order valence-electron chi connectivity index (χ4n) is 4.06. The van der Waals surface area contributed by atoms with Crippen LogP contribution >= 0.6 is 11.6 Å². The molecule has 0 saturated heterocycles. The molecule has 0 unspecified atom stereocenters. The predicted octanol–water partition coefficient (Wildman–Crippen LogP) is 5.91. The van der Waals surface area contributed by atoms with E-state index in [1.165, 1.54) is 0 Å². The summed E-state index contributed by atoms with van der Waals surface area (Å²) in [6.07, 6.45) is 0.651. The summed E-state index contributed by atoms with van der Waals surface area (Å²) in [4.78, 5) is 26.2. The summed E-state index contributed by atoms with van der Waals surface area (Å²) in [6, 6.07) is 12.9. The average molecular weight is 422 g/mol. The van der Waals surface area contributed by atoms with E-state index in [0.29, 0.717) is 22.6 Å². The molecular weight excluding hydrogens is 398 g/mol. The molecule has 30 heavy (non-hydrogen) atoms. The Morgan fingerprint density at radius 3 is 2.20 bits per heavy atom. The van der Waals surface area contributed by atoms with Crippen LogP contribution in [-0.2, 0) is 16.0 Å². The quantitative estimate of drug-likeness (QED) is 0.624. The van der Waals surface area contributed by atoms with Crippen molar-refractivity contribution in [1.82, 2.24) is 0 Å². The number of allylic oxidation sites excluding steroid dienone is 2. The number of carbonyl (C=O) groups excluding carboxylic acids is 2. The van der Waals surface area contributed by atoms with Crippen LogP contribution < -0.4 is 0 Å². The third-order valence-electron chi connectivity index (χ3n) is 5.94. The molecule has 2 aromatic carbocycles. The molecule has 0 fully saturated rings. The number of rotatable bonds is 3. The fourth-order valence-corrected chi connectivity index (χ4v) is 4.22. The van der Waals surface area contributed by atoms with E-state index in [0.717, 1.165) is 16.7 Å². The number of hydrogen-bond donors (Lipinski definition) is 1. The zero-order valence-corrected chi connectivity index (χ0v) is 18.5. The highest BCUT2D eigenvalue weighted by molar-refractivity contribution is 6.34. The molecular formula is C25H24ClNO3. The lowest BCUT2D eigenvalue weighted by atomic mass is 9.62. The van der Waals surface area contributed by atoms with Crippen LogP contribution in [-0.4, -0.2) is 16.7 Å². The van der Waals surface area contributed by atoms with Gasteiger partial charge in [0.05, 0.1) is 27.0 Å². The molecule has 1 aliphatic carbocycles. The summed E-state index contributed by atoms with van der Waals surface area (Å²) in [6.45, 7) is 8.49. The molecule has 4 nitrogen and oxygen atoms in total. The van der Waals surface area contributed by atoms with Crippen molar-refractivity contribution in [3.63, 3.8) is 0 Å². The second kappa shape index (κ2) is 7.41. The smallest absolute Gasteiger partial charge is 0.179 e. The Labute approximate surface area is 181 Å². The maximum absolute atomic E-state index is 13.3. The van der Waals surface area contributed by atoms with Crippen LogP contribution in [0.25, 0.3) is 16.7 Å². The van der Waals surface area contributed by atoms with E-state index in [1.807, 2.05) is 31.2 Å². The lowest BCUT2D eigenvalue weighted by Gasteiger charge is -2.38. The summed E-state index contributed by atoms with van der Waals surface area (Å²) in [5.41, 5.74) is 1.22. The number of hydrogen-bond acceptors (Lipinski definition) is 4. The van der Waals surface area contributed by atoms with Gasteiger partial charge in [0.15, 0.2) is 11.6 Å². The maximum Gasteiger partial charge on any atom is 0.179 e. The summed E-state index contributed by atoms with van der Waals surface area (Å²) in [7, 11) is 0. The van der Waals surface area contributed by atoms with E-state index >= 15 is 0 Å². The van der Waals surface area contributed by atoms with Gasteiger partial charge in [-0.05, 0) is 74.6 Å². The molecule has 2 aromatic rings. The normalized spacial score (nSPS) is 17.8. The minimum atomic E-state index is -1.24. The van der Waals surface area contributed by atoms with Gasteiger partial charge in [0.1, 0.15) is 11.8 Å². The highest BCUT2D eigenvalue weighted by Gasteiger charge is 2.53. The van der Waals surface area contributed by atoms with Gasteiger partial charge in [-0.1, -0.05) is 36.7 Å². The minimum Gasteiger partial charge on any atom is -0.510 e. The molecule has 0 bridgehead atoms. The Morgan fingerprint density at radius 1 is 1.00 bits per heavy atom. The van der Waals surface area contributed by atoms with Crippen molar-refractivity contribution >= 4 is 28.7 Å². The predicted molar refractivity (Wildman–Crippen MR) is 118 cm³/mol. The number of nitrogens with zero attached hydrogens (tertiary/aromatic N) is 1. The highest BCUT2D eigenvalue weighted by Crippen LogP contribution is 2.47. The molecule has 1 aliphatic rings. The standard InChI is InChI=1S/C25H24ClNO3/c1-6-14-7-8-16(15-9-10-19(26)17(11-15)13-27)12-18(14)20-21(28)24(2,3)23(30)25(4,5)22(20)29/h7-12,28H,6H2,1-5H3. The van der Waals surface area contributed by atoms with E-state index in [9.17, 15) is 20.0 Å². The lowest BCUT2D eigenvalue weighted by Crippen LogP contribution is -2.48. The zero-order valence-electron chi connectivity index (χ0n) is 17.8. The molecule has 3 rings (SSSR count). The van der Waals surface area contributed by atoms with Crippen molar-refractivity contribution < 1.29 is 14.7 Å². The van der Waals surface area contributed by atoms with Gasteiger partial charge in [0.25, 0.3) is 0 Å². The minimum absolute atomic E-state index is 0.192. The number of Topliss-reactive ketones (excluding diaryl/α,β-unsaturated/α-hetero) is 2. The number of halogens is 1. The first-order valence-corrected chi connectivity index (χ1v) is 10.2. The van der Waals surface area contributed by atoms with Gasteiger partial charge in [-0.15, -0.1) is 0 Å². The Kier molecular flexibility index (Phi) is 5.39. The summed E-state index contributed by atoms with van der Waals surface area (Å²) in [5.74, 6) is -0.880. The van der Waals surface area contributed by atoms with Crippen LogP contribution in [0.3, 0.4) is 0 Å². The van der Waals surface area contributed by atoms with Crippen molar-refractivity contribution in [2.45, 2.75) is 41.0 Å². The molecule has 0 spiro atoms. The van der Waals surface area contributed by atoms with E-state index < -0.39 is 10.8 Å². The number of carbonyl (C=O) groups is 2. The van der Waals surface area contributed by atoms with Crippen LogP contribution in [0.15, 0.2) is 42.2 Å². The molecule has 0 amide bonds. The van der Waals surface area contributed by atoms with Gasteiger partial charge in [-0.25, -0.2) is 0 Å². The molecule has 0 radical (unpaired) electrons. The number of nitriles is 1. The number of ketones is 2. The number of aryl methyl sites for hydroxylation is 1. The number of aliphatic hydroxyl groups is 1. The second-order valence-electron chi connectivity index (χ2n) is 8.66. The Morgan fingerprint density at radius 2 is 1.60 bits per heavy atom. The Bertz CT molecular complexity index is 1150. The zero-order chi connectivity index (χ0) is 22.4. The molecule has 0 aliphatic heterocycles. The Balaban J connectivity index is 2.29. The number of aliphatic hydroxyl groups excluding tert-OH is 1. The van der Waals surface area contributed by atoms with Gasteiger partial charge >= 0.3 is 0 Å². The third kappa shape index (κ3) is 3.24. The van der Waals surface area contributed by atoms with E-state index in [-0.39, 0.29) is 22.9 Å². The van der Waals surface area contributed by atoms with Gasteiger partial charge in [0, 0.05) is 0 Å². The van der Waals surface area contributed by atoms with Crippen molar-refractivity contribution in [2.75, 3.05) is 0 Å². The first-order valence-electron chi connectivity index (χ1n) is 9.83. The third-order valence-corrected chi connectivity index (χ3v) is 6.27. The monoisotopic (exact) mass is 421 g/mol. The molecule has 0 atom stereocenters. The summed E-state index contributed by atoms with van der Waals surface area (Å²) in [5, 5.41) is 20.7. The SMILES string of the molecule is CCc1ccc(-c2ccc(Cl)c(C#N)c2)cc1C1=C(O)C(C)(C)C(=O)C(C)(C)C1=O. The van der Waals surface area contributed by atoms with E-state index in [2.05, 4.69) is 6.07 Å². The molecule has 1 N–H and O–H groups in total. The molecule has 0 aromatic heterocycles. The molecule has 0 heterocycles. The first-order chi connectivity index (χ1) is 14.0. The molecule has 154 valence electrons. The maximum atomic E-state index is 13.3. The van der Waals surface area contributed by atoms with Gasteiger partial charge in [0.2, 0.25) is 0 Å². The molecule has 5 heteroatoms. The van der Waals surface area contributed by atoms with Crippen molar-refractivity contribution in [2.24, 2.45) is 10.8 Å². The lowest BCUT2D eigenvalue weighted by molar-refractivity contribution is -0.143. The number of benzene rings is 2. The van der Waals surface area contributed by atoms with Crippen molar-refractivity contribution in [3.8, 4) is 17.2 Å². The second-order valence-corrected chi connectivity index (χ2v) is 9.07.